The quantitative estimate of drug-likeness (QED) is 0.864. The Morgan fingerprint density at radius 3 is 1.96 bits per heavy atom. The minimum absolute atomic E-state index is 0.0136. The van der Waals surface area contributed by atoms with E-state index in [-0.39, 0.29) is 16.9 Å². The summed E-state index contributed by atoms with van der Waals surface area (Å²) in [4.78, 5) is 22.5. The summed E-state index contributed by atoms with van der Waals surface area (Å²) in [7, 11) is 0. The Balaban J connectivity index is 0.000000400. The molecule has 24 heavy (non-hydrogen) atoms. The largest absolute Gasteiger partial charge is 0.356 e. The standard InChI is InChI=1S/C14H19NO2S.C6H6/c1-11(10-18-12(2)16)14(17)15-9-8-13-6-4-3-5-7-13;1-2-4-6-5-3-1/h3-7,11H,8-10H2,1-2H3,(H,15,17);1-6H. The molecule has 0 aliphatic heterocycles. The molecule has 0 aromatic heterocycles. The Bertz CT molecular complexity index is 560. The number of hydrogen-bond acceptors (Lipinski definition) is 3. The molecule has 4 heteroatoms. The van der Waals surface area contributed by atoms with Crippen molar-refractivity contribution in [2.75, 3.05) is 12.3 Å². The van der Waals surface area contributed by atoms with E-state index in [1.165, 1.54) is 24.2 Å². The number of benzene rings is 2. The van der Waals surface area contributed by atoms with Crippen molar-refractivity contribution >= 4 is 22.8 Å². The van der Waals surface area contributed by atoms with Gasteiger partial charge in [0.2, 0.25) is 5.91 Å². The van der Waals surface area contributed by atoms with Gasteiger partial charge in [-0.1, -0.05) is 85.4 Å². The van der Waals surface area contributed by atoms with E-state index in [4.69, 9.17) is 0 Å². The van der Waals surface area contributed by atoms with Crippen molar-refractivity contribution in [2.24, 2.45) is 5.92 Å². The summed E-state index contributed by atoms with van der Waals surface area (Å²) >= 11 is 1.20. The van der Waals surface area contributed by atoms with Crippen LogP contribution in [0.2, 0.25) is 0 Å². The van der Waals surface area contributed by atoms with Crippen LogP contribution in [0, 0.1) is 5.92 Å². The fraction of sp³-hybridized carbons (Fsp3) is 0.300. The first-order valence-corrected chi connectivity index (χ1v) is 9.03. The van der Waals surface area contributed by atoms with Crippen LogP contribution in [0.1, 0.15) is 19.4 Å². The van der Waals surface area contributed by atoms with Gasteiger partial charge in [0.05, 0.1) is 0 Å². The van der Waals surface area contributed by atoms with Gasteiger partial charge in [-0.15, -0.1) is 0 Å². The Morgan fingerprint density at radius 2 is 1.46 bits per heavy atom. The normalized spacial score (nSPS) is 10.9. The third-order valence-corrected chi connectivity index (χ3v) is 4.28. The fourth-order valence-electron chi connectivity index (χ4n) is 1.85. The molecule has 0 spiro atoms. The lowest BCUT2D eigenvalue weighted by Gasteiger charge is -2.10. The predicted molar refractivity (Wildman–Crippen MR) is 102 cm³/mol. The van der Waals surface area contributed by atoms with Crippen molar-refractivity contribution in [3.05, 3.63) is 72.3 Å². The van der Waals surface area contributed by atoms with Gasteiger partial charge in [-0.3, -0.25) is 9.59 Å². The highest BCUT2D eigenvalue weighted by molar-refractivity contribution is 8.13. The average Bonchev–Trinajstić information content (AvgIpc) is 2.62. The zero-order chi connectivity index (χ0) is 17.6. The second-order valence-electron chi connectivity index (χ2n) is 5.38. The van der Waals surface area contributed by atoms with Gasteiger partial charge < -0.3 is 5.32 Å². The van der Waals surface area contributed by atoms with E-state index in [0.29, 0.717) is 12.3 Å². The molecule has 0 heterocycles. The fourth-order valence-corrected chi connectivity index (χ4v) is 2.49. The average molecular weight is 343 g/mol. The summed E-state index contributed by atoms with van der Waals surface area (Å²) in [6.45, 7) is 4.00. The maximum Gasteiger partial charge on any atom is 0.223 e. The van der Waals surface area contributed by atoms with Crippen molar-refractivity contribution in [2.45, 2.75) is 20.3 Å². The molecule has 2 aromatic carbocycles. The van der Waals surface area contributed by atoms with Crippen LogP contribution in [0.15, 0.2) is 66.7 Å². The smallest absolute Gasteiger partial charge is 0.223 e. The summed E-state index contributed by atoms with van der Waals surface area (Å²) < 4.78 is 0. The number of hydrogen-bond donors (Lipinski definition) is 1. The van der Waals surface area contributed by atoms with Gasteiger partial charge in [0, 0.05) is 25.1 Å². The Labute approximate surface area is 148 Å². The predicted octanol–water partition coefficient (Wildman–Crippen LogP) is 3.95. The number of thioether (sulfide) groups is 1. The van der Waals surface area contributed by atoms with E-state index in [0.717, 1.165) is 6.42 Å². The Morgan fingerprint density at radius 1 is 0.958 bits per heavy atom. The number of carbonyl (C=O) groups excluding carboxylic acids is 2. The highest BCUT2D eigenvalue weighted by Crippen LogP contribution is 2.09. The summed E-state index contributed by atoms with van der Waals surface area (Å²) in [5, 5.41) is 2.95. The van der Waals surface area contributed by atoms with Gasteiger partial charge in [0.15, 0.2) is 5.12 Å². The zero-order valence-electron chi connectivity index (χ0n) is 14.3. The Kier molecular flexibility index (Phi) is 10.3. The van der Waals surface area contributed by atoms with Gasteiger partial charge >= 0.3 is 0 Å². The molecule has 0 radical (unpaired) electrons. The van der Waals surface area contributed by atoms with Crippen molar-refractivity contribution < 1.29 is 9.59 Å². The zero-order valence-corrected chi connectivity index (χ0v) is 15.1. The lowest BCUT2D eigenvalue weighted by Crippen LogP contribution is -2.32. The summed E-state index contributed by atoms with van der Waals surface area (Å²) in [5.74, 6) is 0.432. The van der Waals surface area contributed by atoms with Crippen LogP contribution in [0.4, 0.5) is 0 Å². The lowest BCUT2D eigenvalue weighted by atomic mass is 10.1. The summed E-state index contributed by atoms with van der Waals surface area (Å²) in [6, 6.07) is 22.0. The van der Waals surface area contributed by atoms with E-state index in [1.807, 2.05) is 73.7 Å². The highest BCUT2D eigenvalue weighted by atomic mass is 32.2. The summed E-state index contributed by atoms with van der Waals surface area (Å²) in [6.07, 6.45) is 0.832. The molecular weight excluding hydrogens is 318 g/mol. The molecule has 1 N–H and O–H groups in total. The maximum atomic E-state index is 11.7. The van der Waals surface area contributed by atoms with Crippen molar-refractivity contribution in [1.82, 2.24) is 5.32 Å². The minimum Gasteiger partial charge on any atom is -0.356 e. The van der Waals surface area contributed by atoms with Crippen LogP contribution in [0.5, 0.6) is 0 Å². The van der Waals surface area contributed by atoms with Crippen LogP contribution in [-0.4, -0.2) is 23.3 Å². The van der Waals surface area contributed by atoms with E-state index in [2.05, 4.69) is 5.32 Å². The lowest BCUT2D eigenvalue weighted by molar-refractivity contribution is -0.123. The van der Waals surface area contributed by atoms with Gasteiger partial charge in [-0.05, 0) is 12.0 Å². The molecule has 1 amide bonds. The van der Waals surface area contributed by atoms with Gasteiger partial charge in [0.25, 0.3) is 0 Å². The molecule has 0 aliphatic carbocycles. The number of rotatable bonds is 6. The topological polar surface area (TPSA) is 46.2 Å². The maximum absolute atomic E-state index is 11.7. The van der Waals surface area contributed by atoms with Crippen molar-refractivity contribution in [1.29, 1.82) is 0 Å². The molecule has 2 aromatic rings. The minimum atomic E-state index is -0.130. The van der Waals surface area contributed by atoms with Crippen molar-refractivity contribution in [3.8, 4) is 0 Å². The van der Waals surface area contributed by atoms with Gasteiger partial charge in [-0.2, -0.15) is 0 Å². The van der Waals surface area contributed by atoms with Crippen LogP contribution in [-0.2, 0) is 16.0 Å². The molecule has 0 fully saturated rings. The molecule has 2 rings (SSSR count). The van der Waals surface area contributed by atoms with E-state index >= 15 is 0 Å². The van der Waals surface area contributed by atoms with Crippen LogP contribution in [0.25, 0.3) is 0 Å². The second-order valence-corrected chi connectivity index (χ2v) is 6.58. The molecular formula is C20H25NO2S. The van der Waals surface area contributed by atoms with Crippen LogP contribution < -0.4 is 5.32 Å². The monoisotopic (exact) mass is 343 g/mol. The van der Waals surface area contributed by atoms with E-state index in [1.54, 1.807) is 0 Å². The molecule has 0 saturated heterocycles. The van der Waals surface area contributed by atoms with Crippen molar-refractivity contribution in [3.63, 3.8) is 0 Å². The van der Waals surface area contributed by atoms with Crippen LogP contribution in [0.3, 0.4) is 0 Å². The molecule has 0 aliphatic rings. The van der Waals surface area contributed by atoms with Crippen LogP contribution >= 0.6 is 11.8 Å². The molecule has 3 nitrogen and oxygen atoms in total. The molecule has 0 saturated carbocycles. The second kappa shape index (κ2) is 12.4. The van der Waals surface area contributed by atoms with E-state index < -0.39 is 0 Å². The van der Waals surface area contributed by atoms with E-state index in [9.17, 15) is 9.59 Å². The van der Waals surface area contributed by atoms with Gasteiger partial charge in [0.1, 0.15) is 0 Å². The molecule has 128 valence electrons. The molecule has 1 atom stereocenters. The molecule has 0 bridgehead atoms. The molecule has 1 unspecified atom stereocenters. The first-order chi connectivity index (χ1) is 11.6. The highest BCUT2D eigenvalue weighted by Gasteiger charge is 2.13. The SMILES string of the molecule is CC(=O)SCC(C)C(=O)NCCc1ccccc1.c1ccccc1. The first kappa shape index (κ1) is 20.0. The number of amides is 1. The number of nitrogens with one attached hydrogen (secondary N) is 1. The first-order valence-electron chi connectivity index (χ1n) is 8.04. The number of carbonyl (C=O) groups is 2. The summed E-state index contributed by atoms with van der Waals surface area (Å²) in [5.41, 5.74) is 1.21. The third-order valence-electron chi connectivity index (χ3n) is 3.21. The third kappa shape index (κ3) is 9.85. The Hall–Kier alpha value is -2.07. The van der Waals surface area contributed by atoms with Gasteiger partial charge in [-0.25, -0.2) is 0 Å².